The summed E-state index contributed by atoms with van der Waals surface area (Å²) in [6.07, 6.45) is 6.03. The molecule has 0 radical (unpaired) electrons. The zero-order valence-electron chi connectivity index (χ0n) is 18.7. The first-order chi connectivity index (χ1) is 15.8. The van der Waals surface area contributed by atoms with Gasteiger partial charge in [-0.2, -0.15) is 0 Å². The minimum Gasteiger partial charge on any atom is -0.339 e. The Bertz CT molecular complexity index is 1340. The lowest BCUT2D eigenvalue weighted by molar-refractivity contribution is 0.0758. The van der Waals surface area contributed by atoms with Crippen LogP contribution in [0.1, 0.15) is 43.0 Å². The van der Waals surface area contributed by atoms with E-state index in [9.17, 15) is 18.0 Å². The largest absolute Gasteiger partial charge is 0.339 e. The van der Waals surface area contributed by atoms with Crippen LogP contribution in [0.2, 0.25) is 0 Å². The predicted molar refractivity (Wildman–Crippen MR) is 135 cm³/mol. The number of sulfonamides is 1. The Morgan fingerprint density at radius 3 is 2.48 bits per heavy atom. The summed E-state index contributed by atoms with van der Waals surface area (Å²) in [4.78, 5) is 27.9. The van der Waals surface area contributed by atoms with E-state index >= 15 is 0 Å². The fourth-order valence-corrected chi connectivity index (χ4v) is 6.75. The molecule has 3 aromatic rings. The number of nitrogens with zero attached hydrogens (tertiary/aromatic N) is 2. The van der Waals surface area contributed by atoms with E-state index in [-0.39, 0.29) is 15.7 Å². The van der Waals surface area contributed by atoms with Gasteiger partial charge >= 0.3 is 4.87 Å². The third-order valence-electron chi connectivity index (χ3n) is 5.84. The van der Waals surface area contributed by atoms with Gasteiger partial charge in [0, 0.05) is 24.5 Å². The van der Waals surface area contributed by atoms with Gasteiger partial charge in [-0.3, -0.25) is 18.9 Å². The molecule has 1 aromatic heterocycles. The van der Waals surface area contributed by atoms with Crippen LogP contribution in [0.25, 0.3) is 10.2 Å². The molecule has 176 valence electrons. The van der Waals surface area contributed by atoms with Crippen LogP contribution in [-0.4, -0.2) is 43.1 Å². The van der Waals surface area contributed by atoms with Gasteiger partial charge in [0.25, 0.3) is 15.9 Å². The van der Waals surface area contributed by atoms with Crippen molar-refractivity contribution in [2.45, 2.75) is 48.9 Å². The summed E-state index contributed by atoms with van der Waals surface area (Å²) < 4.78 is 31.3. The summed E-state index contributed by atoms with van der Waals surface area (Å²) >= 11 is 2.52. The molecule has 10 heteroatoms. The highest BCUT2D eigenvalue weighted by atomic mass is 32.2. The Labute approximate surface area is 201 Å². The molecular weight excluding hydrogens is 478 g/mol. The molecule has 0 bridgehead atoms. The fourth-order valence-electron chi connectivity index (χ4n) is 4.11. The molecule has 1 amide bonds. The maximum absolute atomic E-state index is 13.2. The summed E-state index contributed by atoms with van der Waals surface area (Å²) in [6.45, 7) is 3.84. The number of benzene rings is 2. The van der Waals surface area contributed by atoms with Gasteiger partial charge in [0.15, 0.2) is 0 Å². The normalized spacial score (nSPS) is 14.9. The number of amides is 1. The van der Waals surface area contributed by atoms with Crippen molar-refractivity contribution in [3.8, 4) is 0 Å². The summed E-state index contributed by atoms with van der Waals surface area (Å²) in [7, 11) is -3.92. The van der Waals surface area contributed by atoms with Crippen LogP contribution >= 0.6 is 23.1 Å². The second kappa shape index (κ2) is 9.90. The standard InChI is InChI=1S/C23H27N3O4S3/c1-3-26-19-10-8-16(14-21(19)32-23(26)28)24-33(29,30)17-9-11-20(31-2)18(15-17)22(27)25-12-6-4-5-7-13-25/h8-11,14-15,24H,3-7,12-13H2,1-2H3. The Morgan fingerprint density at radius 1 is 1.09 bits per heavy atom. The average Bonchev–Trinajstić information content (AvgIpc) is 2.95. The number of nitrogens with one attached hydrogen (secondary N) is 1. The van der Waals surface area contributed by atoms with E-state index in [4.69, 9.17) is 0 Å². The monoisotopic (exact) mass is 505 g/mol. The Balaban J connectivity index is 1.65. The molecule has 2 heterocycles. The number of thioether (sulfide) groups is 1. The van der Waals surface area contributed by atoms with Gasteiger partial charge in [-0.15, -0.1) is 11.8 Å². The molecular formula is C23H27N3O4S3. The highest BCUT2D eigenvalue weighted by molar-refractivity contribution is 7.98. The van der Waals surface area contributed by atoms with Crippen molar-refractivity contribution >= 4 is 54.9 Å². The lowest BCUT2D eigenvalue weighted by Gasteiger charge is -2.22. The van der Waals surface area contributed by atoms with Gasteiger partial charge in [0.2, 0.25) is 0 Å². The van der Waals surface area contributed by atoms with Crippen LogP contribution in [-0.2, 0) is 16.6 Å². The third-order valence-corrected chi connectivity index (χ3v) is 8.96. The van der Waals surface area contributed by atoms with Crippen LogP contribution < -0.4 is 9.60 Å². The van der Waals surface area contributed by atoms with Gasteiger partial charge < -0.3 is 4.90 Å². The van der Waals surface area contributed by atoms with E-state index in [1.807, 2.05) is 18.1 Å². The zero-order valence-corrected chi connectivity index (χ0v) is 21.1. The molecule has 33 heavy (non-hydrogen) atoms. The van der Waals surface area contributed by atoms with Crippen LogP contribution in [0, 0.1) is 0 Å². The molecule has 1 N–H and O–H groups in total. The highest BCUT2D eigenvalue weighted by Gasteiger charge is 2.23. The Hall–Kier alpha value is -2.30. The van der Waals surface area contributed by atoms with Crippen molar-refractivity contribution in [3.63, 3.8) is 0 Å². The van der Waals surface area contributed by atoms with E-state index in [1.54, 1.807) is 28.8 Å². The lowest BCUT2D eigenvalue weighted by atomic mass is 10.2. The van der Waals surface area contributed by atoms with E-state index in [2.05, 4.69) is 4.72 Å². The van der Waals surface area contributed by atoms with Crippen LogP contribution in [0.3, 0.4) is 0 Å². The molecule has 0 saturated carbocycles. The van der Waals surface area contributed by atoms with Crippen LogP contribution in [0.4, 0.5) is 5.69 Å². The number of aryl methyl sites for hydroxylation is 1. The summed E-state index contributed by atoms with van der Waals surface area (Å²) in [6, 6.07) is 9.77. The minimum absolute atomic E-state index is 0.0397. The molecule has 0 aliphatic carbocycles. The molecule has 1 aliphatic rings. The number of carbonyl (C=O) groups is 1. The maximum Gasteiger partial charge on any atom is 0.308 e. The Kier molecular flexibility index (Phi) is 7.16. The molecule has 4 rings (SSSR count). The topological polar surface area (TPSA) is 88.5 Å². The number of anilines is 1. The summed E-state index contributed by atoms with van der Waals surface area (Å²) in [5, 5.41) is 0. The van der Waals surface area contributed by atoms with Crippen molar-refractivity contribution in [1.82, 2.24) is 9.47 Å². The molecule has 0 unspecified atom stereocenters. The number of fused-ring (bicyclic) bond motifs is 1. The number of likely N-dealkylation sites (tertiary alicyclic amines) is 1. The zero-order chi connectivity index (χ0) is 23.6. The maximum atomic E-state index is 13.2. The van der Waals surface area contributed by atoms with Crippen molar-refractivity contribution < 1.29 is 13.2 Å². The number of rotatable bonds is 6. The average molecular weight is 506 g/mol. The molecule has 1 aliphatic heterocycles. The second-order valence-corrected chi connectivity index (χ2v) is 11.5. The van der Waals surface area contributed by atoms with Crippen molar-refractivity contribution in [3.05, 3.63) is 51.6 Å². The summed E-state index contributed by atoms with van der Waals surface area (Å²) in [5.41, 5.74) is 1.58. The van der Waals surface area contributed by atoms with E-state index in [0.29, 0.717) is 30.9 Å². The Morgan fingerprint density at radius 2 is 1.82 bits per heavy atom. The van der Waals surface area contributed by atoms with Gasteiger partial charge in [-0.1, -0.05) is 24.2 Å². The fraction of sp³-hybridized carbons (Fsp3) is 0.391. The van der Waals surface area contributed by atoms with Crippen LogP contribution in [0.5, 0.6) is 0 Å². The van der Waals surface area contributed by atoms with Gasteiger partial charge in [0.05, 0.1) is 26.4 Å². The first-order valence-electron chi connectivity index (χ1n) is 11.0. The van der Waals surface area contributed by atoms with E-state index in [1.165, 1.54) is 23.9 Å². The number of hydrogen-bond donors (Lipinski definition) is 1. The molecule has 7 nitrogen and oxygen atoms in total. The van der Waals surface area contributed by atoms with Crippen molar-refractivity contribution in [2.24, 2.45) is 0 Å². The van der Waals surface area contributed by atoms with Gasteiger partial charge in [-0.25, -0.2) is 8.42 Å². The smallest absolute Gasteiger partial charge is 0.308 e. The first-order valence-corrected chi connectivity index (χ1v) is 14.5. The number of thiazole rings is 1. The second-order valence-electron chi connectivity index (χ2n) is 7.97. The molecule has 1 saturated heterocycles. The molecule has 0 spiro atoms. The lowest BCUT2D eigenvalue weighted by Crippen LogP contribution is -2.32. The minimum atomic E-state index is -3.92. The predicted octanol–water partition coefficient (Wildman–Crippen LogP) is 4.62. The summed E-state index contributed by atoms with van der Waals surface area (Å²) in [5.74, 6) is -0.120. The SMILES string of the molecule is CCn1c(=O)sc2cc(NS(=O)(=O)c3ccc(SC)c(C(=O)N4CCCCCC4)c3)ccc21. The van der Waals surface area contributed by atoms with Crippen LogP contribution in [0.15, 0.2) is 51.0 Å². The quantitative estimate of drug-likeness (QED) is 0.494. The molecule has 0 atom stereocenters. The number of aromatic nitrogens is 1. The number of hydrogen-bond acceptors (Lipinski definition) is 6. The van der Waals surface area contributed by atoms with Crippen molar-refractivity contribution in [1.29, 1.82) is 0 Å². The van der Waals surface area contributed by atoms with Gasteiger partial charge in [0.1, 0.15) is 0 Å². The highest BCUT2D eigenvalue weighted by Crippen LogP contribution is 2.28. The van der Waals surface area contributed by atoms with Crippen molar-refractivity contribution in [2.75, 3.05) is 24.1 Å². The first kappa shape index (κ1) is 23.8. The van der Waals surface area contributed by atoms with E-state index < -0.39 is 10.0 Å². The molecule has 2 aromatic carbocycles. The third kappa shape index (κ3) is 4.97. The van der Waals surface area contributed by atoms with E-state index in [0.717, 1.165) is 52.1 Å². The number of carbonyl (C=O) groups excluding carboxylic acids is 1. The molecule has 1 fully saturated rings. The van der Waals surface area contributed by atoms with Gasteiger partial charge in [-0.05, 0) is 62.4 Å².